The Morgan fingerprint density at radius 2 is 1.78 bits per heavy atom. The molecule has 0 aliphatic carbocycles. The van der Waals surface area contributed by atoms with Crippen molar-refractivity contribution in [3.63, 3.8) is 0 Å². The van der Waals surface area contributed by atoms with E-state index in [-0.39, 0.29) is 5.91 Å². The van der Waals surface area contributed by atoms with Gasteiger partial charge >= 0.3 is 5.97 Å². The van der Waals surface area contributed by atoms with Crippen LogP contribution in [-0.4, -0.2) is 48.4 Å². The van der Waals surface area contributed by atoms with Crippen LogP contribution in [0, 0.1) is 0 Å². The van der Waals surface area contributed by atoms with Crippen molar-refractivity contribution in [2.75, 3.05) is 14.2 Å². The lowest BCUT2D eigenvalue weighted by Gasteiger charge is -2.34. The molecule has 0 aliphatic rings. The van der Waals surface area contributed by atoms with E-state index >= 15 is 0 Å². The number of esters is 1. The lowest BCUT2D eigenvalue weighted by molar-refractivity contribution is -0.148. The maximum atomic E-state index is 12.5. The van der Waals surface area contributed by atoms with E-state index in [1.54, 1.807) is 20.9 Å². The third-order valence-electron chi connectivity index (χ3n) is 3.94. The van der Waals surface area contributed by atoms with Crippen LogP contribution >= 0.6 is 0 Å². The van der Waals surface area contributed by atoms with Crippen molar-refractivity contribution in [2.24, 2.45) is 0 Å². The Kier molecular flexibility index (Phi) is 6.30. The van der Waals surface area contributed by atoms with Gasteiger partial charge in [0.15, 0.2) is 0 Å². The number of carbonyl (C=O) groups excluding carboxylic acids is 3. The minimum Gasteiger partial charge on any atom is -0.467 e. The Balaban J connectivity index is 2.91. The summed E-state index contributed by atoms with van der Waals surface area (Å²) in [4.78, 5) is 37.3. The van der Waals surface area contributed by atoms with Crippen LogP contribution in [0.15, 0.2) is 30.3 Å². The minimum atomic E-state index is -1.07. The summed E-state index contributed by atoms with van der Waals surface area (Å²) in [7, 11) is 2.82. The lowest BCUT2D eigenvalue weighted by atomic mass is 10.00. The molecule has 0 aliphatic heterocycles. The maximum absolute atomic E-state index is 12.5. The highest BCUT2D eigenvalue weighted by atomic mass is 16.5. The van der Waals surface area contributed by atoms with E-state index in [4.69, 9.17) is 4.74 Å². The number of hydrogen-bond donors (Lipinski definition) is 1. The first-order valence-corrected chi connectivity index (χ1v) is 7.37. The average Bonchev–Trinajstić information content (AvgIpc) is 2.53. The number of benzene rings is 1. The molecule has 1 aromatic carbocycles. The lowest BCUT2D eigenvalue weighted by Crippen LogP contribution is -2.58. The fourth-order valence-electron chi connectivity index (χ4n) is 2.07. The molecule has 6 heteroatoms. The molecule has 0 bridgehead atoms. The number of nitrogens with zero attached hydrogens (tertiary/aromatic N) is 1. The summed E-state index contributed by atoms with van der Waals surface area (Å²) in [5.41, 5.74) is -0.171. The van der Waals surface area contributed by atoms with Crippen molar-refractivity contribution in [2.45, 2.75) is 38.8 Å². The van der Waals surface area contributed by atoms with Gasteiger partial charge in [0.1, 0.15) is 11.6 Å². The number of ether oxygens (including phenoxy) is 1. The Hall–Kier alpha value is -2.37. The van der Waals surface area contributed by atoms with Crippen LogP contribution < -0.4 is 5.32 Å². The molecule has 1 aromatic rings. The zero-order valence-corrected chi connectivity index (χ0v) is 14.3. The number of rotatable bonds is 6. The van der Waals surface area contributed by atoms with Crippen LogP contribution in [-0.2, 0) is 25.5 Å². The van der Waals surface area contributed by atoms with E-state index in [2.05, 4.69) is 5.32 Å². The molecule has 0 saturated carbocycles. The first kappa shape index (κ1) is 18.7. The third-order valence-corrected chi connectivity index (χ3v) is 3.94. The molecule has 1 N–H and O–H groups in total. The predicted octanol–water partition coefficient (Wildman–Crippen LogP) is 1.14. The van der Waals surface area contributed by atoms with Crippen molar-refractivity contribution in [3.05, 3.63) is 35.9 Å². The summed E-state index contributed by atoms with van der Waals surface area (Å²) >= 11 is 0. The molecular formula is C17H24N2O4. The second-order valence-electron chi connectivity index (χ2n) is 5.88. The van der Waals surface area contributed by atoms with Gasteiger partial charge < -0.3 is 15.0 Å². The Labute approximate surface area is 136 Å². The van der Waals surface area contributed by atoms with Gasteiger partial charge in [0.2, 0.25) is 11.8 Å². The minimum absolute atomic E-state index is 0.233. The van der Waals surface area contributed by atoms with Gasteiger partial charge in [-0.15, -0.1) is 0 Å². The van der Waals surface area contributed by atoms with Crippen molar-refractivity contribution in [3.8, 4) is 0 Å². The van der Waals surface area contributed by atoms with Crippen LogP contribution in [0.2, 0.25) is 0 Å². The molecule has 0 spiro atoms. The van der Waals surface area contributed by atoms with Gasteiger partial charge in [-0.3, -0.25) is 9.59 Å². The molecule has 0 radical (unpaired) electrons. The van der Waals surface area contributed by atoms with Gasteiger partial charge in [0, 0.05) is 20.4 Å². The summed E-state index contributed by atoms with van der Waals surface area (Å²) < 4.78 is 4.77. The SMILES string of the molecule is COC(=O)[C@H](Cc1ccccc1)NC(=O)C(C)(C)N(C)C(C)=O. The van der Waals surface area contributed by atoms with Gasteiger partial charge in [-0.05, 0) is 19.4 Å². The fraction of sp³-hybridized carbons (Fsp3) is 0.471. The van der Waals surface area contributed by atoms with Crippen LogP contribution in [0.3, 0.4) is 0 Å². The number of amides is 2. The number of nitrogens with one attached hydrogen (secondary N) is 1. The Morgan fingerprint density at radius 3 is 2.26 bits per heavy atom. The molecule has 0 heterocycles. The summed E-state index contributed by atoms with van der Waals surface area (Å²) in [6.45, 7) is 4.64. The predicted molar refractivity (Wildman–Crippen MR) is 86.6 cm³/mol. The van der Waals surface area contributed by atoms with E-state index in [0.29, 0.717) is 6.42 Å². The Bertz CT molecular complexity index is 569. The van der Waals surface area contributed by atoms with E-state index < -0.39 is 23.5 Å². The largest absolute Gasteiger partial charge is 0.467 e. The molecule has 0 unspecified atom stereocenters. The molecule has 1 atom stereocenters. The zero-order valence-electron chi connectivity index (χ0n) is 14.3. The smallest absolute Gasteiger partial charge is 0.328 e. The van der Waals surface area contributed by atoms with E-state index in [1.807, 2.05) is 30.3 Å². The fourth-order valence-corrected chi connectivity index (χ4v) is 2.07. The molecule has 23 heavy (non-hydrogen) atoms. The van der Waals surface area contributed by atoms with Gasteiger partial charge in [0.05, 0.1) is 7.11 Å². The molecule has 0 saturated heterocycles. The van der Waals surface area contributed by atoms with Gasteiger partial charge in [-0.25, -0.2) is 4.79 Å². The molecule has 126 valence electrons. The third kappa shape index (κ3) is 4.81. The van der Waals surface area contributed by atoms with Crippen molar-refractivity contribution in [1.82, 2.24) is 10.2 Å². The van der Waals surface area contributed by atoms with E-state index in [0.717, 1.165) is 5.56 Å². The molecule has 6 nitrogen and oxygen atoms in total. The van der Waals surface area contributed by atoms with Crippen LogP contribution in [0.4, 0.5) is 0 Å². The normalized spacial score (nSPS) is 12.2. The topological polar surface area (TPSA) is 75.7 Å². The first-order valence-electron chi connectivity index (χ1n) is 7.37. The highest BCUT2D eigenvalue weighted by Gasteiger charge is 2.36. The van der Waals surface area contributed by atoms with Crippen LogP contribution in [0.5, 0.6) is 0 Å². The average molecular weight is 320 g/mol. The summed E-state index contributed by atoms with van der Waals surface area (Å²) in [5, 5.41) is 2.68. The second-order valence-corrected chi connectivity index (χ2v) is 5.88. The number of carbonyl (C=O) groups is 3. The van der Waals surface area contributed by atoms with E-state index in [9.17, 15) is 14.4 Å². The van der Waals surface area contributed by atoms with Gasteiger partial charge in [-0.2, -0.15) is 0 Å². The molecule has 2 amide bonds. The summed E-state index contributed by atoms with van der Waals surface area (Å²) in [6.07, 6.45) is 0.319. The molecule has 0 aromatic heterocycles. The van der Waals surface area contributed by atoms with Crippen molar-refractivity contribution < 1.29 is 19.1 Å². The van der Waals surface area contributed by atoms with Gasteiger partial charge in [0.25, 0.3) is 0 Å². The Morgan fingerprint density at radius 1 is 1.22 bits per heavy atom. The van der Waals surface area contributed by atoms with E-state index in [1.165, 1.54) is 18.9 Å². The molecular weight excluding hydrogens is 296 g/mol. The van der Waals surface area contributed by atoms with Crippen LogP contribution in [0.25, 0.3) is 0 Å². The quantitative estimate of drug-likeness (QED) is 0.798. The maximum Gasteiger partial charge on any atom is 0.328 e. The monoisotopic (exact) mass is 320 g/mol. The molecule has 0 fully saturated rings. The summed E-state index contributed by atoms with van der Waals surface area (Å²) in [5.74, 6) is -1.17. The first-order chi connectivity index (χ1) is 10.7. The van der Waals surface area contributed by atoms with Crippen LogP contribution in [0.1, 0.15) is 26.3 Å². The highest BCUT2D eigenvalue weighted by Crippen LogP contribution is 2.14. The van der Waals surface area contributed by atoms with Gasteiger partial charge in [-0.1, -0.05) is 30.3 Å². The number of likely N-dealkylation sites (N-methyl/N-ethyl adjacent to an activating group) is 1. The summed E-state index contributed by atoms with van der Waals surface area (Å²) in [6, 6.07) is 8.52. The number of methoxy groups -OCH3 is 1. The zero-order chi connectivity index (χ0) is 17.6. The number of hydrogen-bond acceptors (Lipinski definition) is 4. The van der Waals surface area contributed by atoms with Crippen molar-refractivity contribution >= 4 is 17.8 Å². The molecule has 1 rings (SSSR count). The van der Waals surface area contributed by atoms with Crippen molar-refractivity contribution in [1.29, 1.82) is 0 Å². The standard InChI is InChI=1S/C17H24N2O4/c1-12(20)19(4)17(2,3)16(22)18-14(15(21)23-5)11-13-9-7-6-8-10-13/h6-10,14H,11H2,1-5H3,(H,18,22)/t14-/m0/s1. The second kappa shape index (κ2) is 7.76. The highest BCUT2D eigenvalue weighted by molar-refractivity contribution is 5.93.